The van der Waals surface area contributed by atoms with Crippen molar-refractivity contribution < 1.29 is 19.1 Å². The smallest absolute Gasteiger partial charge is 0.348 e. The van der Waals surface area contributed by atoms with Crippen molar-refractivity contribution in [3.05, 3.63) is 55.9 Å². The molecule has 0 aliphatic heterocycles. The number of benzene rings is 1. The fraction of sp³-hybridized carbons (Fsp3) is 0.364. The Morgan fingerprint density at radius 2 is 1.81 bits per heavy atom. The van der Waals surface area contributed by atoms with Crippen LogP contribution in [0.2, 0.25) is 0 Å². The highest BCUT2D eigenvalue weighted by atomic mass is 32.1. The molecule has 0 aliphatic rings. The number of amides is 1. The van der Waals surface area contributed by atoms with Gasteiger partial charge in [-0.1, -0.05) is 17.7 Å². The monoisotopic (exact) mass is 443 g/mol. The first-order chi connectivity index (χ1) is 14.7. The van der Waals surface area contributed by atoms with Crippen LogP contribution in [0.15, 0.2) is 23.3 Å². The highest BCUT2D eigenvalue weighted by Gasteiger charge is 2.21. The van der Waals surface area contributed by atoms with E-state index in [1.165, 1.54) is 18.0 Å². The number of hydrogen-bond donors (Lipinski definition) is 1. The molecule has 0 fully saturated rings. The van der Waals surface area contributed by atoms with E-state index in [4.69, 9.17) is 9.47 Å². The zero-order chi connectivity index (χ0) is 22.7. The first kappa shape index (κ1) is 22.6. The van der Waals surface area contributed by atoms with E-state index in [0.717, 1.165) is 33.7 Å². The van der Waals surface area contributed by atoms with Crippen molar-refractivity contribution in [1.82, 2.24) is 9.55 Å². The molecule has 8 nitrogen and oxygen atoms in total. The zero-order valence-electron chi connectivity index (χ0n) is 18.2. The van der Waals surface area contributed by atoms with Crippen molar-refractivity contribution >= 4 is 39.1 Å². The SMILES string of the molecule is COCCOC(=O)c1sc2ncn(CC(=O)Nc3c(C)cc(C)cc3C)c(=O)c2c1C. The van der Waals surface area contributed by atoms with Crippen LogP contribution >= 0.6 is 11.3 Å². The molecule has 0 bridgehead atoms. The quantitative estimate of drug-likeness (QED) is 0.445. The van der Waals surface area contributed by atoms with Gasteiger partial charge in [-0.25, -0.2) is 9.78 Å². The van der Waals surface area contributed by atoms with Crippen LogP contribution in [-0.4, -0.2) is 41.8 Å². The third kappa shape index (κ3) is 4.83. The summed E-state index contributed by atoms with van der Waals surface area (Å²) in [5.41, 5.74) is 3.89. The second kappa shape index (κ2) is 9.40. The molecule has 0 unspecified atom stereocenters. The third-order valence-corrected chi connectivity index (χ3v) is 6.06. The molecule has 1 aromatic carbocycles. The predicted octanol–water partition coefficient (Wildman–Crippen LogP) is 3.13. The maximum absolute atomic E-state index is 13.0. The number of rotatable bonds is 7. The van der Waals surface area contributed by atoms with Crippen LogP contribution in [-0.2, 0) is 20.8 Å². The van der Waals surface area contributed by atoms with Crippen molar-refractivity contribution in [2.45, 2.75) is 34.2 Å². The van der Waals surface area contributed by atoms with Crippen molar-refractivity contribution in [3.63, 3.8) is 0 Å². The highest BCUT2D eigenvalue weighted by Crippen LogP contribution is 2.27. The molecule has 0 radical (unpaired) electrons. The minimum Gasteiger partial charge on any atom is -0.459 e. The van der Waals surface area contributed by atoms with E-state index >= 15 is 0 Å². The topological polar surface area (TPSA) is 99.5 Å². The Balaban J connectivity index is 1.84. The summed E-state index contributed by atoms with van der Waals surface area (Å²) in [6, 6.07) is 3.98. The molecule has 2 aromatic heterocycles. The average molecular weight is 444 g/mol. The summed E-state index contributed by atoms with van der Waals surface area (Å²) in [5, 5.41) is 3.21. The van der Waals surface area contributed by atoms with Gasteiger partial charge in [0.25, 0.3) is 5.56 Å². The van der Waals surface area contributed by atoms with Crippen molar-refractivity contribution in [2.24, 2.45) is 0 Å². The molecule has 0 saturated heterocycles. The lowest BCUT2D eigenvalue weighted by Gasteiger charge is -2.13. The number of methoxy groups -OCH3 is 1. The lowest BCUT2D eigenvalue weighted by atomic mass is 10.1. The van der Waals surface area contributed by atoms with E-state index in [0.29, 0.717) is 20.7 Å². The predicted molar refractivity (Wildman–Crippen MR) is 120 cm³/mol. The Labute approximate surface area is 183 Å². The standard InChI is InChI=1S/C22H25N3O5S/c1-12-8-13(2)18(14(3)9-12)24-16(26)10-25-11-23-20-17(21(25)27)15(4)19(31-20)22(28)30-7-6-29-5/h8-9,11H,6-7,10H2,1-5H3,(H,24,26). The van der Waals surface area contributed by atoms with Crippen molar-refractivity contribution in [1.29, 1.82) is 0 Å². The second-order valence-corrected chi connectivity index (χ2v) is 8.36. The van der Waals surface area contributed by atoms with Gasteiger partial charge >= 0.3 is 5.97 Å². The maximum atomic E-state index is 13.0. The van der Waals surface area contributed by atoms with Gasteiger partial charge in [-0.15, -0.1) is 11.3 Å². The van der Waals surface area contributed by atoms with Gasteiger partial charge in [-0.2, -0.15) is 0 Å². The number of aromatic nitrogens is 2. The van der Waals surface area contributed by atoms with E-state index in [9.17, 15) is 14.4 Å². The molecule has 164 valence electrons. The van der Waals surface area contributed by atoms with Crippen LogP contribution < -0.4 is 10.9 Å². The number of carbonyl (C=O) groups excluding carboxylic acids is 2. The van der Waals surface area contributed by atoms with Gasteiger partial charge in [0, 0.05) is 12.8 Å². The fourth-order valence-corrected chi connectivity index (χ4v) is 4.49. The van der Waals surface area contributed by atoms with Gasteiger partial charge in [0.1, 0.15) is 22.9 Å². The summed E-state index contributed by atoms with van der Waals surface area (Å²) in [6.07, 6.45) is 1.33. The number of anilines is 1. The Kier molecular flexibility index (Phi) is 6.87. The van der Waals surface area contributed by atoms with E-state index in [2.05, 4.69) is 10.3 Å². The largest absolute Gasteiger partial charge is 0.459 e. The van der Waals surface area contributed by atoms with Crippen molar-refractivity contribution in [3.8, 4) is 0 Å². The molecule has 1 amide bonds. The molecular weight excluding hydrogens is 418 g/mol. The van der Waals surface area contributed by atoms with Gasteiger partial charge in [0.2, 0.25) is 5.91 Å². The molecule has 0 aliphatic carbocycles. The number of nitrogens with zero attached hydrogens (tertiary/aromatic N) is 2. The maximum Gasteiger partial charge on any atom is 0.348 e. The van der Waals surface area contributed by atoms with Gasteiger partial charge in [0.15, 0.2) is 0 Å². The van der Waals surface area contributed by atoms with E-state index in [1.807, 2.05) is 32.9 Å². The van der Waals surface area contributed by atoms with Crippen LogP contribution in [0.3, 0.4) is 0 Å². The first-order valence-corrected chi connectivity index (χ1v) is 10.6. The highest BCUT2D eigenvalue weighted by molar-refractivity contribution is 7.20. The summed E-state index contributed by atoms with van der Waals surface area (Å²) >= 11 is 1.10. The number of nitrogens with one attached hydrogen (secondary N) is 1. The first-order valence-electron chi connectivity index (χ1n) is 9.75. The third-order valence-electron chi connectivity index (χ3n) is 4.88. The summed E-state index contributed by atoms with van der Waals surface area (Å²) in [4.78, 5) is 43.0. The van der Waals surface area contributed by atoms with E-state index in [1.54, 1.807) is 6.92 Å². The number of carbonyl (C=O) groups is 2. The van der Waals surface area contributed by atoms with Crippen LogP contribution in [0.4, 0.5) is 5.69 Å². The van der Waals surface area contributed by atoms with Gasteiger partial charge in [-0.05, 0) is 44.4 Å². The summed E-state index contributed by atoms with van der Waals surface area (Å²) in [7, 11) is 1.52. The number of ether oxygens (including phenoxy) is 2. The Hall–Kier alpha value is -3.04. The van der Waals surface area contributed by atoms with E-state index < -0.39 is 5.97 Å². The molecule has 0 atom stereocenters. The Morgan fingerprint density at radius 1 is 1.13 bits per heavy atom. The second-order valence-electron chi connectivity index (χ2n) is 7.36. The summed E-state index contributed by atoms with van der Waals surface area (Å²) in [6.45, 7) is 7.76. The molecule has 1 N–H and O–H groups in total. The van der Waals surface area contributed by atoms with Gasteiger partial charge < -0.3 is 14.8 Å². The number of aryl methyl sites for hydroxylation is 4. The molecule has 0 spiro atoms. The minimum atomic E-state index is -0.522. The van der Waals surface area contributed by atoms with Gasteiger partial charge in [0.05, 0.1) is 18.3 Å². The Morgan fingerprint density at radius 3 is 2.45 bits per heavy atom. The normalized spacial score (nSPS) is 11.0. The van der Waals surface area contributed by atoms with Crippen LogP contribution in [0.1, 0.15) is 31.9 Å². The zero-order valence-corrected chi connectivity index (χ0v) is 19.0. The molecule has 3 rings (SSSR count). The van der Waals surface area contributed by atoms with Crippen molar-refractivity contribution in [2.75, 3.05) is 25.6 Å². The minimum absolute atomic E-state index is 0.124. The molecule has 9 heteroatoms. The Bertz CT molecular complexity index is 1190. The molecule has 2 heterocycles. The lowest BCUT2D eigenvalue weighted by Crippen LogP contribution is -2.28. The molecule has 0 saturated carbocycles. The molecular formula is C22H25N3O5S. The number of fused-ring (bicyclic) bond motifs is 1. The van der Waals surface area contributed by atoms with Crippen LogP contribution in [0.25, 0.3) is 10.2 Å². The number of esters is 1. The van der Waals surface area contributed by atoms with Crippen LogP contribution in [0.5, 0.6) is 0 Å². The fourth-order valence-electron chi connectivity index (χ4n) is 3.46. The summed E-state index contributed by atoms with van der Waals surface area (Å²) in [5.74, 6) is -0.850. The molecule has 3 aromatic rings. The average Bonchev–Trinajstić information content (AvgIpc) is 3.04. The van der Waals surface area contributed by atoms with E-state index in [-0.39, 0.29) is 31.2 Å². The number of thiophene rings is 1. The van der Waals surface area contributed by atoms with Crippen LogP contribution in [0, 0.1) is 27.7 Å². The lowest BCUT2D eigenvalue weighted by molar-refractivity contribution is -0.116. The van der Waals surface area contributed by atoms with Gasteiger partial charge in [-0.3, -0.25) is 14.2 Å². The molecule has 31 heavy (non-hydrogen) atoms. The number of hydrogen-bond acceptors (Lipinski definition) is 7. The summed E-state index contributed by atoms with van der Waals surface area (Å²) < 4.78 is 11.3.